The first-order chi connectivity index (χ1) is 8.79. The van der Waals surface area contributed by atoms with Crippen LogP contribution in [0.4, 0.5) is 5.82 Å². The second-order valence-electron chi connectivity index (χ2n) is 4.71. The fourth-order valence-corrected chi connectivity index (χ4v) is 2.17. The van der Waals surface area contributed by atoms with E-state index in [-0.39, 0.29) is 0 Å². The molecule has 1 aliphatic carbocycles. The minimum absolute atomic E-state index is 0.457. The zero-order chi connectivity index (χ0) is 12.5. The van der Waals surface area contributed by atoms with Crippen molar-refractivity contribution in [1.29, 1.82) is 0 Å². The molecule has 0 aliphatic heterocycles. The van der Waals surface area contributed by atoms with Gasteiger partial charge in [0.05, 0.1) is 12.9 Å². The number of nitrogens with zero attached hydrogens (tertiary/aromatic N) is 2. The van der Waals surface area contributed by atoms with Crippen LogP contribution >= 0.6 is 0 Å². The summed E-state index contributed by atoms with van der Waals surface area (Å²) < 4.78 is 1.78. The molecule has 1 aromatic carbocycles. The molecule has 90 valence electrons. The van der Waals surface area contributed by atoms with Crippen molar-refractivity contribution in [3.05, 3.63) is 36.2 Å². The van der Waals surface area contributed by atoms with Crippen molar-refractivity contribution in [3.8, 4) is 23.6 Å². The van der Waals surface area contributed by atoms with Gasteiger partial charge in [-0.3, -0.25) is 0 Å². The topological polar surface area (TPSA) is 43.8 Å². The molecule has 0 unspecified atom stereocenters. The van der Waals surface area contributed by atoms with E-state index in [9.17, 15) is 0 Å². The third kappa shape index (κ3) is 1.86. The number of benzene rings is 1. The van der Waals surface area contributed by atoms with Crippen LogP contribution in [0.2, 0.25) is 0 Å². The number of nitrogen functional groups attached to an aromatic ring is 1. The molecule has 18 heavy (non-hydrogen) atoms. The van der Waals surface area contributed by atoms with Crippen LogP contribution in [0.25, 0.3) is 11.3 Å². The van der Waals surface area contributed by atoms with E-state index in [2.05, 4.69) is 35.2 Å². The average molecular weight is 237 g/mol. The number of aromatic nitrogens is 2. The monoisotopic (exact) mass is 237 g/mol. The summed E-state index contributed by atoms with van der Waals surface area (Å²) in [5, 5.41) is 0. The molecule has 0 amide bonds. The summed E-state index contributed by atoms with van der Waals surface area (Å²) >= 11 is 0. The Hall–Kier alpha value is -2.21. The number of anilines is 1. The fraction of sp³-hybridized carbons (Fsp3) is 0.267. The lowest BCUT2D eigenvalue weighted by molar-refractivity contribution is 0.852. The molecular formula is C15H15N3. The summed E-state index contributed by atoms with van der Waals surface area (Å²) in [6, 6.07) is 8.53. The summed E-state index contributed by atoms with van der Waals surface area (Å²) in [5.74, 6) is 3.97. The van der Waals surface area contributed by atoms with E-state index in [0.717, 1.165) is 17.2 Å². The van der Waals surface area contributed by atoms with Crippen LogP contribution in [0.15, 0.2) is 30.6 Å². The van der Waals surface area contributed by atoms with Gasteiger partial charge in [0.15, 0.2) is 0 Å². The van der Waals surface area contributed by atoms with Crippen LogP contribution in [0.3, 0.4) is 0 Å². The lowest BCUT2D eigenvalue weighted by atomic mass is 10.1. The fourth-order valence-electron chi connectivity index (χ4n) is 2.17. The van der Waals surface area contributed by atoms with Crippen molar-refractivity contribution < 1.29 is 0 Å². The Morgan fingerprint density at radius 1 is 1.33 bits per heavy atom. The van der Waals surface area contributed by atoms with Gasteiger partial charge in [0, 0.05) is 5.56 Å². The highest BCUT2D eigenvalue weighted by atomic mass is 15.1. The maximum Gasteiger partial charge on any atom is 0.132 e. The molecule has 1 fully saturated rings. The lowest BCUT2D eigenvalue weighted by Crippen LogP contribution is -2.00. The molecule has 1 heterocycles. The minimum atomic E-state index is 0.457. The number of hydrogen-bond donors (Lipinski definition) is 1. The average Bonchev–Trinajstić information content (AvgIpc) is 3.17. The molecule has 1 aromatic heterocycles. The van der Waals surface area contributed by atoms with Gasteiger partial charge in [0.1, 0.15) is 11.5 Å². The zero-order valence-electron chi connectivity index (χ0n) is 10.1. The molecule has 2 N–H and O–H groups in total. The van der Waals surface area contributed by atoms with E-state index in [4.69, 9.17) is 12.2 Å². The van der Waals surface area contributed by atoms with Crippen molar-refractivity contribution in [1.82, 2.24) is 9.55 Å². The summed E-state index contributed by atoms with van der Waals surface area (Å²) in [6.45, 7) is 0.457. The van der Waals surface area contributed by atoms with E-state index in [1.807, 2.05) is 0 Å². The lowest BCUT2D eigenvalue weighted by Gasteiger charge is -2.03. The number of rotatable bonds is 3. The van der Waals surface area contributed by atoms with Gasteiger partial charge in [-0.1, -0.05) is 30.2 Å². The van der Waals surface area contributed by atoms with Gasteiger partial charge in [-0.15, -0.1) is 6.42 Å². The van der Waals surface area contributed by atoms with Crippen LogP contribution in [-0.2, 0) is 6.54 Å². The second kappa shape index (κ2) is 4.23. The largest absolute Gasteiger partial charge is 0.383 e. The first kappa shape index (κ1) is 10.9. The number of hydrogen-bond acceptors (Lipinski definition) is 2. The van der Waals surface area contributed by atoms with Gasteiger partial charge in [-0.25, -0.2) is 4.98 Å². The van der Waals surface area contributed by atoms with Gasteiger partial charge in [0.25, 0.3) is 0 Å². The predicted octanol–water partition coefficient (Wildman–Crippen LogP) is 2.64. The highest BCUT2D eigenvalue weighted by molar-refractivity contribution is 5.70. The maximum absolute atomic E-state index is 6.04. The predicted molar refractivity (Wildman–Crippen MR) is 72.9 cm³/mol. The molecule has 0 saturated heterocycles. The van der Waals surface area contributed by atoms with Crippen LogP contribution in [-0.4, -0.2) is 9.55 Å². The van der Waals surface area contributed by atoms with Gasteiger partial charge in [-0.2, -0.15) is 0 Å². The van der Waals surface area contributed by atoms with Crippen molar-refractivity contribution in [3.63, 3.8) is 0 Å². The van der Waals surface area contributed by atoms with E-state index in [1.54, 1.807) is 10.9 Å². The zero-order valence-corrected chi connectivity index (χ0v) is 10.1. The smallest absolute Gasteiger partial charge is 0.132 e. The Balaban J connectivity index is 1.91. The molecule has 0 spiro atoms. The third-order valence-corrected chi connectivity index (χ3v) is 3.37. The number of nitrogens with two attached hydrogens (primary N) is 1. The first-order valence-electron chi connectivity index (χ1n) is 6.14. The van der Waals surface area contributed by atoms with Crippen molar-refractivity contribution >= 4 is 5.82 Å². The molecule has 1 aliphatic rings. The van der Waals surface area contributed by atoms with Gasteiger partial charge in [-0.05, 0) is 24.3 Å². The van der Waals surface area contributed by atoms with Gasteiger partial charge >= 0.3 is 0 Å². The summed E-state index contributed by atoms with van der Waals surface area (Å²) in [6.07, 6.45) is 9.61. The molecule has 0 bridgehead atoms. The van der Waals surface area contributed by atoms with E-state index in [1.165, 1.54) is 18.4 Å². The third-order valence-electron chi connectivity index (χ3n) is 3.37. The molecule has 3 nitrogen and oxygen atoms in total. The Labute approximate surface area is 107 Å². The normalized spacial score (nSPS) is 14.4. The Kier molecular flexibility index (Phi) is 2.56. The quantitative estimate of drug-likeness (QED) is 0.834. The molecule has 3 heteroatoms. The highest BCUT2D eigenvalue weighted by Crippen LogP contribution is 2.40. The van der Waals surface area contributed by atoms with Crippen LogP contribution in [0.5, 0.6) is 0 Å². The van der Waals surface area contributed by atoms with E-state index >= 15 is 0 Å². The Morgan fingerprint density at radius 2 is 2.06 bits per heavy atom. The van der Waals surface area contributed by atoms with Crippen molar-refractivity contribution in [2.75, 3.05) is 5.73 Å². The molecular weight excluding hydrogens is 222 g/mol. The number of imidazole rings is 1. The van der Waals surface area contributed by atoms with E-state index in [0.29, 0.717) is 12.4 Å². The van der Waals surface area contributed by atoms with Crippen LogP contribution < -0.4 is 5.73 Å². The second-order valence-corrected chi connectivity index (χ2v) is 4.71. The molecule has 0 atom stereocenters. The minimum Gasteiger partial charge on any atom is -0.383 e. The number of terminal acetylenes is 1. The Bertz CT molecular complexity index is 598. The van der Waals surface area contributed by atoms with Crippen molar-refractivity contribution in [2.24, 2.45) is 0 Å². The summed E-state index contributed by atoms with van der Waals surface area (Å²) in [5.41, 5.74) is 9.31. The van der Waals surface area contributed by atoms with Crippen LogP contribution in [0, 0.1) is 12.3 Å². The van der Waals surface area contributed by atoms with Gasteiger partial charge in [0.2, 0.25) is 0 Å². The van der Waals surface area contributed by atoms with Crippen molar-refractivity contribution in [2.45, 2.75) is 25.3 Å². The molecule has 0 radical (unpaired) electrons. The summed E-state index contributed by atoms with van der Waals surface area (Å²) in [4.78, 5) is 4.34. The standard InChI is InChI=1S/C15H15N3/c1-2-9-18-10-17-14(15(18)16)13-7-5-12(6-8-13)11-3-4-11/h1,5-8,10-11H,3-4,9,16H2. The molecule has 3 rings (SSSR count). The van der Waals surface area contributed by atoms with E-state index < -0.39 is 0 Å². The van der Waals surface area contributed by atoms with Gasteiger partial charge < -0.3 is 10.3 Å². The first-order valence-corrected chi connectivity index (χ1v) is 6.14. The highest BCUT2D eigenvalue weighted by Gasteiger charge is 2.23. The maximum atomic E-state index is 6.04. The Morgan fingerprint density at radius 3 is 2.67 bits per heavy atom. The molecule has 1 saturated carbocycles. The van der Waals surface area contributed by atoms with Crippen LogP contribution in [0.1, 0.15) is 24.3 Å². The summed E-state index contributed by atoms with van der Waals surface area (Å²) in [7, 11) is 0. The SMILES string of the molecule is C#CCn1cnc(-c2ccc(C3CC3)cc2)c1N. The molecule has 2 aromatic rings.